The van der Waals surface area contributed by atoms with E-state index in [1.807, 2.05) is 6.33 Å². The third kappa shape index (κ3) is 1.84. The van der Waals surface area contributed by atoms with Crippen LogP contribution in [0.2, 0.25) is 0 Å². The number of ether oxygens (including phenoxy) is 1. The normalized spacial score (nSPS) is 17.8. The summed E-state index contributed by atoms with van der Waals surface area (Å²) in [5.41, 5.74) is 5.03. The Morgan fingerprint density at radius 3 is 2.65 bits per heavy atom. The quantitative estimate of drug-likeness (QED) is 0.753. The third-order valence-electron chi connectivity index (χ3n) is 3.77. The highest BCUT2D eigenvalue weighted by Crippen LogP contribution is 2.26. The molecule has 0 amide bonds. The number of rotatable bonds is 1. The Kier molecular flexibility index (Phi) is 2.63. The number of hydrogen-bond acceptors (Lipinski definition) is 2. The molecule has 2 aromatic rings. The van der Waals surface area contributed by atoms with E-state index in [4.69, 9.17) is 4.74 Å². The molecule has 1 aromatic carbocycles. The number of aryl methyl sites for hydroxylation is 2. The monoisotopic (exact) mass is 230 g/mol. The third-order valence-corrected chi connectivity index (χ3v) is 3.77. The summed E-state index contributed by atoms with van der Waals surface area (Å²) in [5, 5.41) is 0. The SMILES string of the molecule is Cc1cc2ncn(C3CCOCC3)c2cc1C. The van der Waals surface area contributed by atoms with Crippen LogP contribution in [-0.4, -0.2) is 22.8 Å². The second kappa shape index (κ2) is 4.15. The minimum atomic E-state index is 0.552. The second-order valence-corrected chi connectivity index (χ2v) is 4.92. The van der Waals surface area contributed by atoms with Gasteiger partial charge in [0.25, 0.3) is 0 Å². The first-order valence-electron chi connectivity index (χ1n) is 6.27. The number of nitrogens with zero attached hydrogens (tertiary/aromatic N) is 2. The van der Waals surface area contributed by atoms with Gasteiger partial charge in [-0.2, -0.15) is 0 Å². The Hall–Kier alpha value is -1.35. The van der Waals surface area contributed by atoms with E-state index in [1.54, 1.807) is 0 Å². The van der Waals surface area contributed by atoms with Gasteiger partial charge in [0, 0.05) is 19.3 Å². The molecule has 90 valence electrons. The zero-order valence-electron chi connectivity index (χ0n) is 10.4. The Labute approximate surface area is 101 Å². The summed E-state index contributed by atoms with van der Waals surface area (Å²) in [4.78, 5) is 4.52. The molecule has 0 aliphatic carbocycles. The molecule has 0 unspecified atom stereocenters. The number of benzene rings is 1. The van der Waals surface area contributed by atoms with Crippen molar-refractivity contribution in [2.45, 2.75) is 32.7 Å². The summed E-state index contributed by atoms with van der Waals surface area (Å²) in [6.07, 6.45) is 4.18. The molecule has 1 aliphatic rings. The van der Waals surface area contributed by atoms with Crippen LogP contribution in [0.4, 0.5) is 0 Å². The topological polar surface area (TPSA) is 27.1 Å². The molecule has 1 fully saturated rings. The van der Waals surface area contributed by atoms with Gasteiger partial charge in [-0.05, 0) is 49.9 Å². The van der Waals surface area contributed by atoms with Gasteiger partial charge in [-0.1, -0.05) is 0 Å². The smallest absolute Gasteiger partial charge is 0.0960 e. The van der Waals surface area contributed by atoms with E-state index in [0.717, 1.165) is 31.6 Å². The zero-order valence-corrected chi connectivity index (χ0v) is 10.4. The average molecular weight is 230 g/mol. The van der Waals surface area contributed by atoms with Crippen molar-refractivity contribution >= 4 is 11.0 Å². The van der Waals surface area contributed by atoms with Crippen molar-refractivity contribution in [3.05, 3.63) is 29.6 Å². The fourth-order valence-corrected chi connectivity index (χ4v) is 2.54. The Balaban J connectivity index is 2.07. The van der Waals surface area contributed by atoms with Crippen LogP contribution in [0, 0.1) is 13.8 Å². The van der Waals surface area contributed by atoms with Gasteiger partial charge in [0.05, 0.1) is 17.4 Å². The first-order chi connectivity index (χ1) is 8.25. The van der Waals surface area contributed by atoms with E-state index >= 15 is 0 Å². The van der Waals surface area contributed by atoms with E-state index in [-0.39, 0.29) is 0 Å². The molecular formula is C14H18N2O. The number of imidazole rings is 1. The lowest BCUT2D eigenvalue weighted by atomic mass is 10.1. The Bertz CT molecular complexity index is 538. The fraction of sp³-hybridized carbons (Fsp3) is 0.500. The number of aromatic nitrogens is 2. The summed E-state index contributed by atoms with van der Waals surface area (Å²) in [6.45, 7) is 6.04. The zero-order chi connectivity index (χ0) is 11.8. The van der Waals surface area contributed by atoms with Crippen molar-refractivity contribution in [2.75, 3.05) is 13.2 Å². The van der Waals surface area contributed by atoms with Gasteiger partial charge in [0.2, 0.25) is 0 Å². The van der Waals surface area contributed by atoms with Crippen molar-refractivity contribution in [1.29, 1.82) is 0 Å². The Morgan fingerprint density at radius 2 is 1.88 bits per heavy atom. The summed E-state index contributed by atoms with van der Waals surface area (Å²) in [7, 11) is 0. The van der Waals surface area contributed by atoms with Crippen molar-refractivity contribution in [3.8, 4) is 0 Å². The standard InChI is InChI=1S/C14H18N2O/c1-10-7-13-14(8-11(10)2)16(9-15-13)12-3-5-17-6-4-12/h7-9,12H,3-6H2,1-2H3. The van der Waals surface area contributed by atoms with Crippen LogP contribution in [0.3, 0.4) is 0 Å². The van der Waals surface area contributed by atoms with Gasteiger partial charge in [0.1, 0.15) is 0 Å². The van der Waals surface area contributed by atoms with Crippen LogP contribution in [0.5, 0.6) is 0 Å². The minimum absolute atomic E-state index is 0.552. The van der Waals surface area contributed by atoms with Gasteiger partial charge in [-0.3, -0.25) is 0 Å². The molecular weight excluding hydrogens is 212 g/mol. The van der Waals surface area contributed by atoms with Gasteiger partial charge >= 0.3 is 0 Å². The predicted octanol–water partition coefficient (Wildman–Crippen LogP) is 3.00. The molecule has 3 nitrogen and oxygen atoms in total. The lowest BCUT2D eigenvalue weighted by Gasteiger charge is -2.24. The molecule has 1 aliphatic heterocycles. The first-order valence-corrected chi connectivity index (χ1v) is 6.27. The molecule has 0 saturated carbocycles. The van der Waals surface area contributed by atoms with Crippen LogP contribution in [0.25, 0.3) is 11.0 Å². The average Bonchev–Trinajstić information content (AvgIpc) is 2.74. The molecule has 0 N–H and O–H groups in total. The molecule has 0 bridgehead atoms. The van der Waals surface area contributed by atoms with E-state index in [0.29, 0.717) is 6.04 Å². The van der Waals surface area contributed by atoms with Gasteiger partial charge in [-0.25, -0.2) is 4.98 Å². The molecule has 3 heteroatoms. The van der Waals surface area contributed by atoms with E-state index < -0.39 is 0 Å². The molecule has 0 radical (unpaired) electrons. The predicted molar refractivity (Wildman–Crippen MR) is 68.3 cm³/mol. The maximum Gasteiger partial charge on any atom is 0.0960 e. The van der Waals surface area contributed by atoms with E-state index in [1.165, 1.54) is 16.6 Å². The van der Waals surface area contributed by atoms with Crippen LogP contribution >= 0.6 is 0 Å². The largest absolute Gasteiger partial charge is 0.381 e. The van der Waals surface area contributed by atoms with Crippen LogP contribution in [0.15, 0.2) is 18.5 Å². The highest BCUT2D eigenvalue weighted by molar-refractivity contribution is 5.77. The van der Waals surface area contributed by atoms with Crippen LogP contribution in [0.1, 0.15) is 30.0 Å². The summed E-state index contributed by atoms with van der Waals surface area (Å²) in [5.74, 6) is 0. The molecule has 17 heavy (non-hydrogen) atoms. The number of fused-ring (bicyclic) bond motifs is 1. The van der Waals surface area contributed by atoms with Crippen molar-refractivity contribution in [2.24, 2.45) is 0 Å². The lowest BCUT2D eigenvalue weighted by Crippen LogP contribution is -2.18. The van der Waals surface area contributed by atoms with Gasteiger partial charge in [-0.15, -0.1) is 0 Å². The molecule has 2 heterocycles. The fourth-order valence-electron chi connectivity index (χ4n) is 2.54. The van der Waals surface area contributed by atoms with Crippen molar-refractivity contribution < 1.29 is 4.74 Å². The Morgan fingerprint density at radius 1 is 1.18 bits per heavy atom. The van der Waals surface area contributed by atoms with Crippen molar-refractivity contribution in [1.82, 2.24) is 9.55 Å². The summed E-state index contributed by atoms with van der Waals surface area (Å²) < 4.78 is 7.74. The van der Waals surface area contributed by atoms with Crippen LogP contribution < -0.4 is 0 Å². The molecule has 0 spiro atoms. The molecule has 1 aromatic heterocycles. The second-order valence-electron chi connectivity index (χ2n) is 4.92. The lowest BCUT2D eigenvalue weighted by molar-refractivity contribution is 0.0706. The van der Waals surface area contributed by atoms with Crippen molar-refractivity contribution in [3.63, 3.8) is 0 Å². The highest BCUT2D eigenvalue weighted by atomic mass is 16.5. The van der Waals surface area contributed by atoms with Gasteiger partial charge < -0.3 is 9.30 Å². The van der Waals surface area contributed by atoms with Gasteiger partial charge in [0.15, 0.2) is 0 Å². The van der Waals surface area contributed by atoms with E-state index in [9.17, 15) is 0 Å². The first kappa shape index (κ1) is 10.8. The molecule has 3 rings (SSSR count). The van der Waals surface area contributed by atoms with Crippen LogP contribution in [-0.2, 0) is 4.74 Å². The van der Waals surface area contributed by atoms with E-state index in [2.05, 4.69) is 35.5 Å². The molecule has 0 atom stereocenters. The molecule has 1 saturated heterocycles. The summed E-state index contributed by atoms with van der Waals surface area (Å²) in [6, 6.07) is 4.99. The minimum Gasteiger partial charge on any atom is -0.381 e. The number of hydrogen-bond donors (Lipinski definition) is 0. The maximum atomic E-state index is 5.42. The maximum absolute atomic E-state index is 5.42. The highest BCUT2D eigenvalue weighted by Gasteiger charge is 2.17. The summed E-state index contributed by atoms with van der Waals surface area (Å²) >= 11 is 0.